The lowest BCUT2D eigenvalue weighted by Gasteiger charge is -2.28. The van der Waals surface area contributed by atoms with Crippen LogP contribution in [0.1, 0.15) is 63.6 Å². The number of benzene rings is 2. The number of carbonyl (C=O) groups excluding carboxylic acids is 1. The Hall–Kier alpha value is -3.46. The van der Waals surface area contributed by atoms with Gasteiger partial charge in [-0.3, -0.25) is 0 Å². The van der Waals surface area contributed by atoms with Crippen LogP contribution in [0.5, 0.6) is 11.5 Å². The number of hydrogen-bond acceptors (Lipinski definition) is 8. The van der Waals surface area contributed by atoms with Crippen LogP contribution in [0.3, 0.4) is 0 Å². The summed E-state index contributed by atoms with van der Waals surface area (Å²) in [6, 6.07) is 15.5. The average Bonchev–Trinajstić information content (AvgIpc) is 3.35. The van der Waals surface area contributed by atoms with E-state index in [0.717, 1.165) is 43.4 Å². The van der Waals surface area contributed by atoms with E-state index in [-0.39, 0.29) is 5.97 Å². The monoisotopic (exact) mass is 550 g/mol. The number of thioether (sulfide) groups is 1. The van der Waals surface area contributed by atoms with Gasteiger partial charge in [0.1, 0.15) is 6.04 Å². The fourth-order valence-electron chi connectivity index (χ4n) is 4.36. The number of methoxy groups -OCH3 is 1. The molecule has 1 aliphatic heterocycles. The Morgan fingerprint density at radius 3 is 2.59 bits per heavy atom. The summed E-state index contributed by atoms with van der Waals surface area (Å²) in [5, 5.41) is 8.75. The highest BCUT2D eigenvalue weighted by Gasteiger charge is 2.35. The van der Waals surface area contributed by atoms with Crippen LogP contribution in [0.25, 0.3) is 0 Å². The molecule has 0 radical (unpaired) electrons. The highest BCUT2D eigenvalue weighted by Crippen LogP contribution is 2.40. The maximum absolute atomic E-state index is 13.3. The Morgan fingerprint density at radius 2 is 1.85 bits per heavy atom. The van der Waals surface area contributed by atoms with E-state index in [2.05, 4.69) is 31.3 Å². The van der Waals surface area contributed by atoms with Gasteiger partial charge in [0.2, 0.25) is 11.1 Å². The Bertz CT molecular complexity index is 1280. The van der Waals surface area contributed by atoms with Gasteiger partial charge in [0.15, 0.2) is 11.5 Å². The maximum atomic E-state index is 13.3. The first kappa shape index (κ1) is 28.5. The molecule has 1 atom stereocenters. The summed E-state index contributed by atoms with van der Waals surface area (Å²) in [7, 11) is 1.62. The number of nitrogens with zero attached hydrogens (tertiary/aromatic N) is 3. The molecule has 0 saturated carbocycles. The topological polar surface area (TPSA) is 87.5 Å². The van der Waals surface area contributed by atoms with Crippen molar-refractivity contribution in [2.75, 3.05) is 31.4 Å². The zero-order valence-corrected chi connectivity index (χ0v) is 24.1. The maximum Gasteiger partial charge on any atom is 0.338 e. The summed E-state index contributed by atoms with van der Waals surface area (Å²) in [5.74, 6) is 2.42. The fraction of sp³-hybridized carbons (Fsp3) is 0.433. The van der Waals surface area contributed by atoms with Crippen LogP contribution in [0.15, 0.2) is 65.0 Å². The minimum absolute atomic E-state index is 0.359. The third-order valence-corrected chi connectivity index (χ3v) is 7.43. The van der Waals surface area contributed by atoms with Gasteiger partial charge in [0, 0.05) is 17.9 Å². The first-order chi connectivity index (χ1) is 19.0. The van der Waals surface area contributed by atoms with Crippen molar-refractivity contribution >= 4 is 23.7 Å². The lowest BCUT2D eigenvalue weighted by molar-refractivity contribution is -0.139. The molecule has 0 saturated heterocycles. The van der Waals surface area contributed by atoms with Gasteiger partial charge in [-0.05, 0) is 43.0 Å². The summed E-state index contributed by atoms with van der Waals surface area (Å²) >= 11 is 1.62. The molecule has 0 amide bonds. The van der Waals surface area contributed by atoms with Crippen LogP contribution >= 0.6 is 11.8 Å². The molecule has 1 aromatic heterocycles. The van der Waals surface area contributed by atoms with Crippen LogP contribution in [-0.2, 0) is 16.0 Å². The normalized spacial score (nSPS) is 14.5. The van der Waals surface area contributed by atoms with Crippen LogP contribution in [0.4, 0.5) is 5.95 Å². The third-order valence-electron chi connectivity index (χ3n) is 6.51. The molecule has 0 aliphatic carbocycles. The average molecular weight is 551 g/mol. The van der Waals surface area contributed by atoms with Crippen molar-refractivity contribution in [2.45, 2.75) is 64.1 Å². The molecule has 4 rings (SSSR count). The Morgan fingerprint density at radius 1 is 1.05 bits per heavy atom. The lowest BCUT2D eigenvalue weighted by Crippen LogP contribution is -2.29. The number of allylic oxidation sites excluding steroid dienone is 1. The van der Waals surface area contributed by atoms with E-state index in [1.165, 1.54) is 5.56 Å². The number of aromatic nitrogens is 3. The summed E-state index contributed by atoms with van der Waals surface area (Å²) in [6.45, 7) is 7.00. The molecule has 1 unspecified atom stereocenters. The van der Waals surface area contributed by atoms with Crippen molar-refractivity contribution in [3.8, 4) is 11.5 Å². The highest BCUT2D eigenvalue weighted by atomic mass is 32.2. The SMILES string of the molecule is CCCCOC(=O)C1=C(C)Nc2nc(SCCCC)nn2C1c1ccc(OCCc2ccccc2)c(OC)c1. The number of rotatable bonds is 14. The zero-order valence-electron chi connectivity index (χ0n) is 23.2. The quantitative estimate of drug-likeness (QED) is 0.140. The number of carbonyl (C=O) groups is 1. The number of fused-ring (bicyclic) bond motifs is 1. The Kier molecular flexibility index (Phi) is 10.3. The largest absolute Gasteiger partial charge is 0.493 e. The molecular formula is C30H38N4O4S. The van der Waals surface area contributed by atoms with Crippen molar-refractivity contribution in [1.82, 2.24) is 14.8 Å². The van der Waals surface area contributed by atoms with Crippen molar-refractivity contribution in [1.29, 1.82) is 0 Å². The number of hydrogen-bond donors (Lipinski definition) is 1. The molecule has 8 nitrogen and oxygen atoms in total. The Balaban J connectivity index is 1.63. The Labute approximate surface area is 235 Å². The highest BCUT2D eigenvalue weighted by molar-refractivity contribution is 7.99. The molecule has 1 aliphatic rings. The van der Waals surface area contributed by atoms with Crippen LogP contribution in [-0.4, -0.2) is 46.8 Å². The van der Waals surface area contributed by atoms with Gasteiger partial charge in [-0.1, -0.05) is 74.8 Å². The molecule has 2 heterocycles. The van der Waals surface area contributed by atoms with Crippen molar-refractivity contribution in [3.05, 3.63) is 70.9 Å². The molecule has 208 valence electrons. The van der Waals surface area contributed by atoms with E-state index in [0.29, 0.717) is 47.1 Å². The first-order valence-electron chi connectivity index (χ1n) is 13.6. The smallest absolute Gasteiger partial charge is 0.338 e. The van der Waals surface area contributed by atoms with E-state index < -0.39 is 6.04 Å². The molecule has 2 aromatic carbocycles. The number of unbranched alkanes of at least 4 members (excludes halogenated alkanes) is 2. The summed E-state index contributed by atoms with van der Waals surface area (Å²) in [5.41, 5.74) is 3.25. The first-order valence-corrected chi connectivity index (χ1v) is 14.6. The van der Waals surface area contributed by atoms with Gasteiger partial charge < -0.3 is 19.5 Å². The molecular weight excluding hydrogens is 512 g/mol. The second-order valence-corrected chi connectivity index (χ2v) is 10.5. The molecule has 1 N–H and O–H groups in total. The zero-order chi connectivity index (χ0) is 27.6. The van der Waals surface area contributed by atoms with Crippen LogP contribution < -0.4 is 14.8 Å². The molecule has 9 heteroatoms. The summed E-state index contributed by atoms with van der Waals surface area (Å²) in [4.78, 5) is 18.1. The number of esters is 1. The molecule has 0 spiro atoms. The standard InChI is InChI=1S/C30H38N4O4S/c1-5-7-17-38-28(35)26-21(3)31-29-32-30(39-19-8-6-2)33-34(29)27(26)23-14-15-24(25(20-23)36-4)37-18-16-22-12-10-9-11-13-22/h9-15,20,27H,5-8,16-19H2,1-4H3,(H,31,32,33). The van der Waals surface area contributed by atoms with E-state index >= 15 is 0 Å². The van der Waals surface area contributed by atoms with Gasteiger partial charge in [-0.2, -0.15) is 4.98 Å². The minimum atomic E-state index is -0.518. The van der Waals surface area contributed by atoms with Gasteiger partial charge >= 0.3 is 5.97 Å². The minimum Gasteiger partial charge on any atom is -0.493 e. The van der Waals surface area contributed by atoms with Gasteiger partial charge in [0.25, 0.3) is 0 Å². The van der Waals surface area contributed by atoms with E-state index in [1.54, 1.807) is 23.6 Å². The van der Waals surface area contributed by atoms with Gasteiger partial charge in [-0.15, -0.1) is 5.10 Å². The van der Waals surface area contributed by atoms with Crippen molar-refractivity contribution in [3.63, 3.8) is 0 Å². The third kappa shape index (κ3) is 7.15. The lowest BCUT2D eigenvalue weighted by atomic mass is 9.95. The predicted octanol–water partition coefficient (Wildman–Crippen LogP) is 6.43. The predicted molar refractivity (Wildman–Crippen MR) is 155 cm³/mol. The fourth-order valence-corrected chi connectivity index (χ4v) is 5.27. The second kappa shape index (κ2) is 14.1. The van der Waals surface area contributed by atoms with E-state index in [1.807, 2.05) is 43.3 Å². The van der Waals surface area contributed by atoms with Crippen LogP contribution in [0.2, 0.25) is 0 Å². The number of anilines is 1. The van der Waals surface area contributed by atoms with Crippen molar-refractivity contribution in [2.24, 2.45) is 0 Å². The molecule has 0 bridgehead atoms. The van der Waals surface area contributed by atoms with Gasteiger partial charge in [0.05, 0.1) is 25.9 Å². The van der Waals surface area contributed by atoms with E-state index in [4.69, 9.17) is 24.3 Å². The van der Waals surface area contributed by atoms with Crippen LogP contribution in [0, 0.1) is 0 Å². The molecule has 3 aromatic rings. The second-order valence-electron chi connectivity index (χ2n) is 9.41. The summed E-state index contributed by atoms with van der Waals surface area (Å²) in [6.07, 6.45) is 4.74. The molecule has 39 heavy (non-hydrogen) atoms. The van der Waals surface area contributed by atoms with Gasteiger partial charge in [-0.25, -0.2) is 9.48 Å². The van der Waals surface area contributed by atoms with E-state index in [9.17, 15) is 4.79 Å². The number of ether oxygens (including phenoxy) is 3. The summed E-state index contributed by atoms with van der Waals surface area (Å²) < 4.78 is 19.2. The molecule has 0 fully saturated rings. The van der Waals surface area contributed by atoms with Crippen molar-refractivity contribution < 1.29 is 19.0 Å². The number of nitrogens with one attached hydrogen (secondary N) is 1.